The Morgan fingerprint density at radius 1 is 1.17 bits per heavy atom. The van der Waals surface area contributed by atoms with Gasteiger partial charge in [-0.05, 0) is 41.8 Å². The van der Waals surface area contributed by atoms with Crippen LogP contribution in [0.1, 0.15) is 43.5 Å². The van der Waals surface area contributed by atoms with Gasteiger partial charge in [-0.1, -0.05) is 38.1 Å². The molecule has 1 aliphatic heterocycles. The maximum Gasteiger partial charge on any atom is 0.250 e. The molecule has 1 aliphatic rings. The van der Waals surface area contributed by atoms with Gasteiger partial charge in [-0.15, -0.1) is 5.10 Å². The van der Waals surface area contributed by atoms with Crippen molar-refractivity contribution in [3.05, 3.63) is 65.5 Å². The van der Waals surface area contributed by atoms with Gasteiger partial charge in [0, 0.05) is 5.92 Å². The predicted molar refractivity (Wildman–Crippen MR) is 112 cm³/mol. The van der Waals surface area contributed by atoms with Gasteiger partial charge in [-0.2, -0.15) is 4.98 Å². The van der Waals surface area contributed by atoms with E-state index in [1.54, 1.807) is 23.9 Å². The molecule has 2 atom stereocenters. The van der Waals surface area contributed by atoms with E-state index in [9.17, 15) is 9.18 Å². The Hall–Kier alpha value is -3.42. The van der Waals surface area contributed by atoms with Gasteiger partial charge in [0.05, 0.1) is 19.2 Å². The number of anilines is 2. The lowest BCUT2D eigenvalue weighted by molar-refractivity contribution is -0.118. The Morgan fingerprint density at radius 3 is 2.47 bits per heavy atom. The van der Waals surface area contributed by atoms with E-state index in [2.05, 4.69) is 20.7 Å². The first-order valence-electron chi connectivity index (χ1n) is 9.88. The highest BCUT2D eigenvalue weighted by atomic mass is 19.1. The first-order valence-corrected chi connectivity index (χ1v) is 9.88. The molecule has 0 saturated heterocycles. The highest BCUT2D eigenvalue weighted by molar-refractivity contribution is 5.90. The molecule has 0 spiro atoms. The van der Waals surface area contributed by atoms with E-state index in [1.807, 2.05) is 38.1 Å². The second-order valence-electron chi connectivity index (χ2n) is 7.62. The summed E-state index contributed by atoms with van der Waals surface area (Å²) in [4.78, 5) is 16.6. The summed E-state index contributed by atoms with van der Waals surface area (Å²) in [5.74, 6) is 0.963. The number of benzene rings is 2. The molecule has 2 aromatic carbocycles. The number of amides is 1. The van der Waals surface area contributed by atoms with E-state index in [4.69, 9.17) is 4.74 Å². The summed E-state index contributed by atoms with van der Waals surface area (Å²) < 4.78 is 20.5. The highest BCUT2D eigenvalue weighted by Gasteiger charge is 2.31. The lowest BCUT2D eigenvalue weighted by atomic mass is 9.93. The van der Waals surface area contributed by atoms with Crippen LogP contribution in [0.4, 0.5) is 16.3 Å². The first-order chi connectivity index (χ1) is 14.4. The predicted octanol–water partition coefficient (Wildman–Crippen LogP) is 4.17. The van der Waals surface area contributed by atoms with Gasteiger partial charge in [-0.3, -0.25) is 10.1 Å². The second kappa shape index (κ2) is 8.14. The maximum absolute atomic E-state index is 13.5. The lowest BCUT2D eigenvalue weighted by Crippen LogP contribution is -2.28. The molecular weight excluding hydrogens is 385 g/mol. The fourth-order valence-corrected chi connectivity index (χ4v) is 3.50. The number of nitrogens with one attached hydrogen (secondary N) is 2. The third-order valence-electron chi connectivity index (χ3n) is 5.22. The summed E-state index contributed by atoms with van der Waals surface area (Å²) in [5.41, 5.74) is 1.99. The number of fused-ring (bicyclic) bond motifs is 1. The van der Waals surface area contributed by atoms with E-state index in [1.165, 1.54) is 12.1 Å². The summed E-state index contributed by atoms with van der Waals surface area (Å²) in [6.07, 6.45) is 0.686. The molecule has 0 radical (unpaired) electrons. The molecule has 2 heterocycles. The second-order valence-corrected chi connectivity index (χ2v) is 7.62. The van der Waals surface area contributed by atoms with Gasteiger partial charge in [0.2, 0.25) is 11.9 Å². The normalized spacial score (nSPS) is 17.9. The molecule has 30 heavy (non-hydrogen) atoms. The number of carbonyl (C=O) groups is 1. The topological polar surface area (TPSA) is 81.1 Å². The van der Waals surface area contributed by atoms with Crippen LogP contribution in [-0.4, -0.2) is 27.8 Å². The Kier molecular flexibility index (Phi) is 5.39. The van der Waals surface area contributed by atoms with Crippen molar-refractivity contribution in [2.75, 3.05) is 17.7 Å². The fourth-order valence-electron chi connectivity index (χ4n) is 3.50. The van der Waals surface area contributed by atoms with Crippen LogP contribution in [0, 0.1) is 11.7 Å². The van der Waals surface area contributed by atoms with Crippen LogP contribution < -0.4 is 15.4 Å². The van der Waals surface area contributed by atoms with Gasteiger partial charge >= 0.3 is 0 Å². The average Bonchev–Trinajstić information content (AvgIpc) is 3.16. The minimum Gasteiger partial charge on any atom is -0.497 e. The van der Waals surface area contributed by atoms with Gasteiger partial charge in [-0.25, -0.2) is 9.07 Å². The van der Waals surface area contributed by atoms with Crippen molar-refractivity contribution in [3.63, 3.8) is 0 Å². The van der Waals surface area contributed by atoms with Crippen molar-refractivity contribution in [2.24, 2.45) is 5.92 Å². The van der Waals surface area contributed by atoms with Crippen molar-refractivity contribution in [3.8, 4) is 5.75 Å². The van der Waals surface area contributed by atoms with E-state index in [0.717, 1.165) is 16.9 Å². The van der Waals surface area contributed by atoms with Crippen LogP contribution in [-0.2, 0) is 4.79 Å². The minimum absolute atomic E-state index is 0.0312. The number of halogens is 1. The van der Waals surface area contributed by atoms with Crippen molar-refractivity contribution in [1.29, 1.82) is 0 Å². The number of ether oxygens (including phenoxy) is 1. The monoisotopic (exact) mass is 409 g/mol. The lowest BCUT2D eigenvalue weighted by Gasteiger charge is -2.31. The molecule has 7 nitrogen and oxygen atoms in total. The molecule has 1 aromatic heterocycles. The fraction of sp³-hybridized carbons (Fsp3) is 0.318. The molecule has 1 amide bonds. The van der Waals surface area contributed by atoms with Crippen LogP contribution in [0.5, 0.6) is 5.75 Å². The molecule has 0 saturated carbocycles. The van der Waals surface area contributed by atoms with Crippen LogP contribution >= 0.6 is 0 Å². The molecule has 0 fully saturated rings. The van der Waals surface area contributed by atoms with Gasteiger partial charge in [0.15, 0.2) is 0 Å². The molecule has 0 unspecified atom stereocenters. The Labute approximate surface area is 174 Å². The number of methoxy groups -OCH3 is 1. The van der Waals surface area contributed by atoms with E-state index >= 15 is 0 Å². The Balaban J connectivity index is 1.69. The first kappa shape index (κ1) is 19.9. The van der Waals surface area contributed by atoms with Crippen molar-refractivity contribution in [1.82, 2.24) is 14.8 Å². The molecule has 4 rings (SSSR count). The molecule has 156 valence electrons. The molecule has 0 aliphatic carbocycles. The molecule has 8 heteroatoms. The standard InChI is InChI=1S/C22H24FN5O2/c1-13(2)20(29)25-21-26-22-24-18(14-6-10-17(30-3)11-7-14)12-19(28(22)27-21)15-4-8-16(23)9-5-15/h4-11,13,18-19H,12H2,1-3H3,(H2,24,25,26,27,29)/t18-,19+/m1/s1. The Morgan fingerprint density at radius 2 is 1.83 bits per heavy atom. The van der Waals surface area contributed by atoms with Gasteiger partial charge in [0.1, 0.15) is 11.6 Å². The zero-order valence-corrected chi connectivity index (χ0v) is 17.1. The van der Waals surface area contributed by atoms with Crippen LogP contribution in [0.25, 0.3) is 0 Å². The Bertz CT molecular complexity index is 1030. The molecule has 3 aromatic rings. The number of hydrogen-bond acceptors (Lipinski definition) is 5. The SMILES string of the molecule is COc1ccc([C@H]2C[C@@H](c3ccc(F)cc3)n3nc(NC(=O)C(C)C)nc3N2)cc1. The zero-order valence-electron chi connectivity index (χ0n) is 17.1. The molecule has 2 N–H and O–H groups in total. The summed E-state index contributed by atoms with van der Waals surface area (Å²) in [6.45, 7) is 3.62. The summed E-state index contributed by atoms with van der Waals surface area (Å²) in [7, 11) is 1.63. The zero-order chi connectivity index (χ0) is 21.3. The van der Waals surface area contributed by atoms with Crippen LogP contribution in [0.2, 0.25) is 0 Å². The minimum atomic E-state index is -0.289. The van der Waals surface area contributed by atoms with Gasteiger partial charge in [0.25, 0.3) is 5.95 Å². The average molecular weight is 409 g/mol. The number of nitrogens with zero attached hydrogens (tertiary/aromatic N) is 3. The van der Waals surface area contributed by atoms with Crippen molar-refractivity contribution >= 4 is 17.8 Å². The van der Waals surface area contributed by atoms with Crippen molar-refractivity contribution < 1.29 is 13.9 Å². The summed E-state index contributed by atoms with van der Waals surface area (Å²) >= 11 is 0. The quantitative estimate of drug-likeness (QED) is 0.661. The number of carbonyl (C=O) groups excluding carboxylic acids is 1. The summed E-state index contributed by atoms with van der Waals surface area (Å²) in [6, 6.07) is 14.0. The number of rotatable bonds is 5. The molecule has 0 bridgehead atoms. The number of hydrogen-bond donors (Lipinski definition) is 2. The van der Waals surface area contributed by atoms with Gasteiger partial charge < -0.3 is 10.1 Å². The highest BCUT2D eigenvalue weighted by Crippen LogP contribution is 2.38. The van der Waals surface area contributed by atoms with Crippen LogP contribution in [0.15, 0.2) is 48.5 Å². The maximum atomic E-state index is 13.5. The third-order valence-corrected chi connectivity index (χ3v) is 5.22. The molecular formula is C22H24FN5O2. The van der Waals surface area contributed by atoms with Crippen LogP contribution in [0.3, 0.4) is 0 Å². The third kappa shape index (κ3) is 3.98. The van der Waals surface area contributed by atoms with E-state index in [0.29, 0.717) is 12.4 Å². The van der Waals surface area contributed by atoms with Crippen molar-refractivity contribution in [2.45, 2.75) is 32.4 Å². The largest absolute Gasteiger partial charge is 0.497 e. The van der Waals surface area contributed by atoms with E-state index in [-0.39, 0.29) is 35.7 Å². The smallest absolute Gasteiger partial charge is 0.250 e. The summed E-state index contributed by atoms with van der Waals surface area (Å²) in [5, 5.41) is 10.7. The number of aromatic nitrogens is 3. The van der Waals surface area contributed by atoms with E-state index < -0.39 is 0 Å².